The van der Waals surface area contributed by atoms with E-state index in [0.717, 1.165) is 0 Å². The van der Waals surface area contributed by atoms with Crippen LogP contribution in [0.1, 0.15) is 108 Å². The molecule has 0 bridgehead atoms. The number of allylic oxidation sites excluding steroid dienone is 22. The third-order valence-electron chi connectivity index (χ3n) is 8.38. The third kappa shape index (κ3) is 11.3. The maximum absolute atomic E-state index is 2.37. The summed E-state index contributed by atoms with van der Waals surface area (Å²) in [5, 5.41) is 0. The molecule has 2 aliphatic carbocycles. The highest BCUT2D eigenvalue weighted by Gasteiger charge is 2.27. The Bertz CT molecular complexity index is 1120. The van der Waals surface area contributed by atoms with Gasteiger partial charge in [-0.05, 0) is 102 Å². The fraction of sp³-hybridized carbons (Fsp3) is 0.450. The molecule has 0 amide bonds. The first-order valence-electron chi connectivity index (χ1n) is 15.3. The van der Waals surface area contributed by atoms with Gasteiger partial charge in [-0.15, -0.1) is 0 Å². The molecule has 0 aromatic rings. The number of hydrogen-bond donors (Lipinski definition) is 0. The van der Waals surface area contributed by atoms with E-state index in [0.29, 0.717) is 10.8 Å². The van der Waals surface area contributed by atoms with Gasteiger partial charge >= 0.3 is 0 Å². The highest BCUT2D eigenvalue weighted by atomic mass is 14.8. The molecular weight excluding hydrogens is 490 g/mol. The lowest BCUT2D eigenvalue weighted by molar-refractivity contribution is 0.376. The van der Waals surface area contributed by atoms with E-state index in [1.807, 2.05) is 0 Å². The molecule has 0 heteroatoms. The minimum atomic E-state index is 0.291. The SMILES string of the molecule is CC1=C(/C=C/C(C)=C/C=[13CH]/[13C]([13CH3])=[13CH]/[13CH]=[13CH]/[13CH]=[13C]([13CH3])/[13CH]=C/C=C(C)/C=C/C2=C(C)CCCC2(C)C)C(C)(C)CCC1. The van der Waals surface area contributed by atoms with Crippen LogP contribution in [0.15, 0.2) is 130 Å². The molecule has 0 atom stereocenters. The Labute approximate surface area is 247 Å². The molecule has 0 N–H and O–H groups in total. The van der Waals surface area contributed by atoms with Gasteiger partial charge < -0.3 is 0 Å². The molecule has 0 saturated carbocycles. The summed E-state index contributed by atoms with van der Waals surface area (Å²) in [4.78, 5) is 0. The molecule has 2 rings (SSSR count). The van der Waals surface area contributed by atoms with Crippen LogP contribution in [-0.4, -0.2) is 0 Å². The molecule has 0 nitrogen and oxygen atoms in total. The Kier molecular flexibility index (Phi) is 13.2. The minimum Gasteiger partial charge on any atom is -0.0696 e. The molecule has 0 aromatic heterocycles. The molecule has 40 heavy (non-hydrogen) atoms. The fourth-order valence-electron chi connectivity index (χ4n) is 5.79. The van der Waals surface area contributed by atoms with Gasteiger partial charge in [0.05, 0.1) is 0 Å². The van der Waals surface area contributed by atoms with Crippen molar-refractivity contribution in [1.82, 2.24) is 0 Å². The molecule has 0 aromatic carbocycles. The monoisotopic (exact) mass is 546 g/mol. The van der Waals surface area contributed by atoms with Gasteiger partial charge in [-0.25, -0.2) is 0 Å². The van der Waals surface area contributed by atoms with E-state index in [9.17, 15) is 0 Å². The molecule has 216 valence electrons. The average Bonchev–Trinajstić information content (AvgIpc) is 2.85. The van der Waals surface area contributed by atoms with Crippen molar-refractivity contribution in [3.05, 3.63) is 130 Å². The van der Waals surface area contributed by atoms with Gasteiger partial charge in [0.1, 0.15) is 0 Å². The second-order valence-electron chi connectivity index (χ2n) is 13.3. The fourth-order valence-corrected chi connectivity index (χ4v) is 5.79. The van der Waals surface area contributed by atoms with Crippen molar-refractivity contribution in [1.29, 1.82) is 0 Å². The van der Waals surface area contributed by atoms with Gasteiger partial charge in [0.25, 0.3) is 0 Å². The topological polar surface area (TPSA) is 0 Å². The first-order valence-corrected chi connectivity index (χ1v) is 15.3. The Hall–Kier alpha value is -2.86. The largest absolute Gasteiger partial charge is 0.0696 e. The van der Waals surface area contributed by atoms with Crippen LogP contribution >= 0.6 is 0 Å². The summed E-state index contributed by atoms with van der Waals surface area (Å²) in [5.74, 6) is 0. The van der Waals surface area contributed by atoms with E-state index in [1.165, 1.54) is 72.0 Å². The molecule has 0 heterocycles. The summed E-state index contributed by atoms with van der Waals surface area (Å²) in [6.45, 7) is 22.7. The molecule has 2 aliphatic rings. The predicted molar refractivity (Wildman–Crippen MR) is 181 cm³/mol. The maximum atomic E-state index is 2.37. The second-order valence-corrected chi connectivity index (χ2v) is 13.3. The van der Waals surface area contributed by atoms with Crippen LogP contribution in [0.4, 0.5) is 0 Å². The van der Waals surface area contributed by atoms with E-state index in [2.05, 4.69) is 154 Å². The van der Waals surface area contributed by atoms with Crippen LogP contribution in [0.25, 0.3) is 0 Å². The van der Waals surface area contributed by atoms with Crippen molar-refractivity contribution in [2.45, 2.75) is 108 Å². The van der Waals surface area contributed by atoms with Crippen LogP contribution in [0.2, 0.25) is 0 Å². The van der Waals surface area contributed by atoms with E-state index in [4.69, 9.17) is 0 Å². The molecule has 0 radical (unpaired) electrons. The zero-order chi connectivity index (χ0) is 29.8. The van der Waals surface area contributed by atoms with Crippen molar-refractivity contribution in [2.24, 2.45) is 10.8 Å². The van der Waals surface area contributed by atoms with Crippen LogP contribution in [0.3, 0.4) is 0 Å². The predicted octanol–water partition coefficient (Wildman–Crippen LogP) is 12.6. The Morgan fingerprint density at radius 1 is 0.500 bits per heavy atom. The van der Waals surface area contributed by atoms with E-state index < -0.39 is 0 Å². The van der Waals surface area contributed by atoms with Gasteiger partial charge in [-0.1, -0.05) is 146 Å². The third-order valence-corrected chi connectivity index (χ3v) is 8.38. The van der Waals surface area contributed by atoms with E-state index in [-0.39, 0.29) is 0 Å². The zero-order valence-electron chi connectivity index (χ0n) is 27.3. The van der Waals surface area contributed by atoms with Gasteiger partial charge in [0.2, 0.25) is 0 Å². The van der Waals surface area contributed by atoms with Gasteiger partial charge in [-0.2, -0.15) is 0 Å². The molecule has 0 spiro atoms. The Balaban J connectivity index is 1.89. The molecule has 0 saturated heterocycles. The minimum absolute atomic E-state index is 0.291. The number of rotatable bonds is 10. The van der Waals surface area contributed by atoms with Gasteiger partial charge in [0, 0.05) is 0 Å². The normalized spacial score (nSPS) is 21.9. The summed E-state index contributed by atoms with van der Waals surface area (Å²) in [7, 11) is 0. The van der Waals surface area contributed by atoms with Gasteiger partial charge in [0.15, 0.2) is 0 Å². The summed E-state index contributed by atoms with van der Waals surface area (Å²) in [6.07, 6.45) is 38.4. The van der Waals surface area contributed by atoms with Crippen LogP contribution in [0.5, 0.6) is 0 Å². The van der Waals surface area contributed by atoms with E-state index in [1.54, 1.807) is 11.1 Å². The smallest absolute Gasteiger partial charge is 0.0104 e. The van der Waals surface area contributed by atoms with Crippen molar-refractivity contribution >= 4 is 0 Å². The molecule has 0 unspecified atom stereocenters. The summed E-state index contributed by atoms with van der Waals surface area (Å²) < 4.78 is 0. The Morgan fingerprint density at radius 2 is 0.825 bits per heavy atom. The highest BCUT2D eigenvalue weighted by Crippen LogP contribution is 2.41. The van der Waals surface area contributed by atoms with Crippen LogP contribution in [-0.2, 0) is 0 Å². The summed E-state index contributed by atoms with van der Waals surface area (Å²) in [5.41, 5.74) is 11.7. The Morgan fingerprint density at radius 3 is 1.18 bits per heavy atom. The lowest BCUT2D eigenvalue weighted by Crippen LogP contribution is -2.19. The quantitative estimate of drug-likeness (QED) is 0.189. The molecular formula is C40H56. The number of hydrogen-bond acceptors (Lipinski definition) is 0. The standard InChI is InChI=1S/C40H56/c1-31(19-13-21-33(3)25-27-37-35(5)23-15-29-39(37,7)8)17-11-12-18-32(2)20-14-22-34(4)26-28-38-36(6)24-16-30-40(38,9)10/h11-14,17-22,25-28H,15-16,23-24,29-30H2,1-10H3/b12-11+,19-13+,20-14+,27-25+,28-26+,31-17+,32-18+,33-21+,34-22+/i1+1,2+1,11+1,12+1,17+1,18+1,19+1,20+1,31+1,32+1. The van der Waals surface area contributed by atoms with Crippen molar-refractivity contribution in [3.8, 4) is 0 Å². The highest BCUT2D eigenvalue weighted by molar-refractivity contribution is 5.39. The maximum Gasteiger partial charge on any atom is -0.0104 e. The lowest BCUT2D eigenvalue weighted by atomic mass is 9.72. The van der Waals surface area contributed by atoms with E-state index >= 15 is 0 Å². The van der Waals surface area contributed by atoms with Crippen LogP contribution < -0.4 is 0 Å². The second kappa shape index (κ2) is 15.8. The first-order chi connectivity index (χ1) is 18.8. The van der Waals surface area contributed by atoms with Crippen molar-refractivity contribution < 1.29 is 0 Å². The van der Waals surface area contributed by atoms with Gasteiger partial charge in [-0.3, -0.25) is 0 Å². The zero-order valence-corrected chi connectivity index (χ0v) is 27.3. The van der Waals surface area contributed by atoms with Crippen LogP contribution in [0, 0.1) is 10.8 Å². The van der Waals surface area contributed by atoms with Crippen molar-refractivity contribution in [3.63, 3.8) is 0 Å². The first kappa shape index (κ1) is 33.3. The van der Waals surface area contributed by atoms with Crippen molar-refractivity contribution in [2.75, 3.05) is 0 Å². The molecule has 0 aliphatic heterocycles. The molecule has 0 fully saturated rings. The summed E-state index contributed by atoms with van der Waals surface area (Å²) in [6, 6.07) is 0. The lowest BCUT2D eigenvalue weighted by Gasteiger charge is -2.33. The summed E-state index contributed by atoms with van der Waals surface area (Å²) >= 11 is 0. The average molecular weight is 547 g/mol.